The molecule has 2 unspecified atom stereocenters. The SMILES string of the molecule is CCCCNC(CC1CCCCN1C)c1ccccc1. The number of likely N-dealkylation sites (tertiary alicyclic amines) is 1. The predicted octanol–water partition coefficient (Wildman–Crippen LogP) is 3.99. The molecule has 2 nitrogen and oxygen atoms in total. The molecule has 0 saturated carbocycles. The van der Waals surface area contributed by atoms with Gasteiger partial charge in [-0.3, -0.25) is 0 Å². The molecule has 0 radical (unpaired) electrons. The molecule has 0 amide bonds. The van der Waals surface area contributed by atoms with Crippen LogP contribution in [0.2, 0.25) is 0 Å². The number of hydrogen-bond donors (Lipinski definition) is 1. The molecule has 1 aliphatic rings. The number of piperidine rings is 1. The molecule has 0 aliphatic carbocycles. The maximum atomic E-state index is 3.78. The summed E-state index contributed by atoms with van der Waals surface area (Å²) < 4.78 is 0. The van der Waals surface area contributed by atoms with Crippen molar-refractivity contribution >= 4 is 0 Å². The average Bonchev–Trinajstić information content (AvgIpc) is 2.49. The van der Waals surface area contributed by atoms with Gasteiger partial charge in [-0.1, -0.05) is 50.1 Å². The van der Waals surface area contributed by atoms with E-state index in [1.807, 2.05) is 0 Å². The Morgan fingerprint density at radius 2 is 2.05 bits per heavy atom. The Hall–Kier alpha value is -0.860. The molecule has 2 atom stereocenters. The summed E-state index contributed by atoms with van der Waals surface area (Å²) >= 11 is 0. The highest BCUT2D eigenvalue weighted by Crippen LogP contribution is 2.26. The molecule has 1 fully saturated rings. The Morgan fingerprint density at radius 3 is 2.75 bits per heavy atom. The van der Waals surface area contributed by atoms with Crippen molar-refractivity contribution in [3.8, 4) is 0 Å². The summed E-state index contributed by atoms with van der Waals surface area (Å²) in [7, 11) is 2.29. The van der Waals surface area contributed by atoms with Crippen molar-refractivity contribution in [3.05, 3.63) is 35.9 Å². The first-order chi connectivity index (χ1) is 9.81. The number of benzene rings is 1. The van der Waals surface area contributed by atoms with E-state index in [-0.39, 0.29) is 0 Å². The third kappa shape index (κ3) is 4.60. The van der Waals surface area contributed by atoms with Crippen molar-refractivity contribution in [1.29, 1.82) is 0 Å². The van der Waals surface area contributed by atoms with Gasteiger partial charge in [0.05, 0.1) is 0 Å². The zero-order chi connectivity index (χ0) is 14.2. The second-order valence-electron chi connectivity index (χ2n) is 6.14. The Kier molecular flexibility index (Phi) is 6.55. The number of unbranched alkanes of at least 4 members (excludes halogenated alkanes) is 1. The zero-order valence-corrected chi connectivity index (χ0v) is 13.1. The highest BCUT2D eigenvalue weighted by atomic mass is 15.1. The first kappa shape index (κ1) is 15.5. The minimum absolute atomic E-state index is 0.508. The summed E-state index contributed by atoms with van der Waals surface area (Å²) in [5.74, 6) is 0. The highest BCUT2D eigenvalue weighted by Gasteiger charge is 2.23. The van der Waals surface area contributed by atoms with E-state index in [4.69, 9.17) is 0 Å². The van der Waals surface area contributed by atoms with Crippen molar-refractivity contribution in [2.75, 3.05) is 20.1 Å². The fourth-order valence-corrected chi connectivity index (χ4v) is 3.19. The third-order valence-electron chi connectivity index (χ3n) is 4.55. The van der Waals surface area contributed by atoms with E-state index in [1.165, 1.54) is 50.6 Å². The van der Waals surface area contributed by atoms with Gasteiger partial charge >= 0.3 is 0 Å². The van der Waals surface area contributed by atoms with Crippen LogP contribution in [0.3, 0.4) is 0 Å². The molecule has 1 aromatic carbocycles. The summed E-state index contributed by atoms with van der Waals surface area (Å²) in [6.45, 7) is 4.65. The molecule has 1 N–H and O–H groups in total. The lowest BCUT2D eigenvalue weighted by Gasteiger charge is -2.35. The second-order valence-corrected chi connectivity index (χ2v) is 6.14. The largest absolute Gasteiger partial charge is 0.310 e. The molecule has 20 heavy (non-hydrogen) atoms. The Balaban J connectivity index is 1.98. The van der Waals surface area contributed by atoms with Crippen LogP contribution in [0.4, 0.5) is 0 Å². The Bertz CT molecular complexity index is 363. The van der Waals surface area contributed by atoms with Crippen LogP contribution in [-0.4, -0.2) is 31.1 Å². The summed E-state index contributed by atoms with van der Waals surface area (Å²) in [6, 6.07) is 12.2. The van der Waals surface area contributed by atoms with Crippen molar-refractivity contribution in [1.82, 2.24) is 10.2 Å². The Morgan fingerprint density at radius 1 is 1.25 bits per heavy atom. The molecule has 2 rings (SSSR count). The summed E-state index contributed by atoms with van der Waals surface area (Å²) in [5.41, 5.74) is 1.45. The summed E-state index contributed by atoms with van der Waals surface area (Å²) in [4.78, 5) is 2.56. The van der Waals surface area contributed by atoms with Crippen LogP contribution in [0.5, 0.6) is 0 Å². The predicted molar refractivity (Wildman–Crippen MR) is 87.0 cm³/mol. The van der Waals surface area contributed by atoms with Gasteiger partial charge in [0, 0.05) is 12.1 Å². The molecule has 112 valence electrons. The van der Waals surface area contributed by atoms with E-state index in [1.54, 1.807) is 0 Å². The molecule has 1 saturated heterocycles. The van der Waals surface area contributed by atoms with Crippen molar-refractivity contribution in [2.24, 2.45) is 0 Å². The topological polar surface area (TPSA) is 15.3 Å². The minimum Gasteiger partial charge on any atom is -0.310 e. The molecule has 0 aromatic heterocycles. The van der Waals surface area contributed by atoms with Crippen LogP contribution >= 0.6 is 0 Å². The van der Waals surface area contributed by atoms with Crippen LogP contribution in [0, 0.1) is 0 Å². The van der Waals surface area contributed by atoms with Gasteiger partial charge in [0.1, 0.15) is 0 Å². The lowest BCUT2D eigenvalue weighted by Crippen LogP contribution is -2.39. The van der Waals surface area contributed by atoms with Crippen LogP contribution in [-0.2, 0) is 0 Å². The van der Waals surface area contributed by atoms with E-state index in [0.29, 0.717) is 6.04 Å². The number of nitrogens with zero attached hydrogens (tertiary/aromatic N) is 1. The lowest BCUT2D eigenvalue weighted by molar-refractivity contribution is 0.163. The average molecular weight is 274 g/mol. The van der Waals surface area contributed by atoms with Crippen LogP contribution < -0.4 is 5.32 Å². The van der Waals surface area contributed by atoms with E-state index >= 15 is 0 Å². The molecule has 2 heteroatoms. The van der Waals surface area contributed by atoms with E-state index < -0.39 is 0 Å². The van der Waals surface area contributed by atoms with Crippen LogP contribution in [0.15, 0.2) is 30.3 Å². The van der Waals surface area contributed by atoms with Gasteiger partial charge < -0.3 is 10.2 Å². The van der Waals surface area contributed by atoms with Crippen molar-refractivity contribution in [2.45, 2.75) is 57.5 Å². The van der Waals surface area contributed by atoms with Gasteiger partial charge in [-0.05, 0) is 51.4 Å². The molecule has 1 aliphatic heterocycles. The summed E-state index contributed by atoms with van der Waals surface area (Å²) in [5, 5.41) is 3.78. The van der Waals surface area contributed by atoms with Crippen molar-refractivity contribution < 1.29 is 0 Å². The van der Waals surface area contributed by atoms with Crippen LogP contribution in [0.1, 0.15) is 57.1 Å². The molecule has 0 spiro atoms. The number of nitrogens with one attached hydrogen (secondary N) is 1. The molecule has 0 bridgehead atoms. The molecular weight excluding hydrogens is 244 g/mol. The van der Waals surface area contributed by atoms with E-state index in [9.17, 15) is 0 Å². The minimum atomic E-state index is 0.508. The van der Waals surface area contributed by atoms with E-state index in [0.717, 1.165) is 12.6 Å². The van der Waals surface area contributed by atoms with Gasteiger partial charge in [0.25, 0.3) is 0 Å². The maximum Gasteiger partial charge on any atom is 0.0335 e. The fraction of sp³-hybridized carbons (Fsp3) is 0.667. The first-order valence-corrected chi connectivity index (χ1v) is 8.30. The standard InChI is InChI=1S/C18H30N2/c1-3-4-13-19-18(16-10-6-5-7-11-16)15-17-12-8-9-14-20(17)2/h5-7,10-11,17-19H,3-4,8-9,12-15H2,1-2H3. The quantitative estimate of drug-likeness (QED) is 0.756. The lowest BCUT2D eigenvalue weighted by atomic mass is 9.93. The second kappa shape index (κ2) is 8.43. The maximum absolute atomic E-state index is 3.78. The molecule has 1 aromatic rings. The fourth-order valence-electron chi connectivity index (χ4n) is 3.19. The number of rotatable bonds is 7. The normalized spacial score (nSPS) is 21.8. The zero-order valence-electron chi connectivity index (χ0n) is 13.1. The first-order valence-electron chi connectivity index (χ1n) is 8.30. The van der Waals surface area contributed by atoms with Crippen molar-refractivity contribution in [3.63, 3.8) is 0 Å². The monoisotopic (exact) mass is 274 g/mol. The molecular formula is C18H30N2. The van der Waals surface area contributed by atoms with Gasteiger partial charge in [-0.25, -0.2) is 0 Å². The van der Waals surface area contributed by atoms with Gasteiger partial charge in [0.15, 0.2) is 0 Å². The van der Waals surface area contributed by atoms with E-state index in [2.05, 4.69) is 54.5 Å². The Labute approximate surface area is 124 Å². The third-order valence-corrected chi connectivity index (χ3v) is 4.55. The van der Waals surface area contributed by atoms with Gasteiger partial charge in [0.2, 0.25) is 0 Å². The van der Waals surface area contributed by atoms with Gasteiger partial charge in [-0.2, -0.15) is 0 Å². The van der Waals surface area contributed by atoms with Crippen LogP contribution in [0.25, 0.3) is 0 Å². The number of hydrogen-bond acceptors (Lipinski definition) is 2. The van der Waals surface area contributed by atoms with Gasteiger partial charge in [-0.15, -0.1) is 0 Å². The highest BCUT2D eigenvalue weighted by molar-refractivity contribution is 5.19. The molecule has 1 heterocycles. The smallest absolute Gasteiger partial charge is 0.0335 e. The summed E-state index contributed by atoms with van der Waals surface area (Å²) in [6.07, 6.45) is 7.89.